The van der Waals surface area contributed by atoms with Crippen molar-refractivity contribution in [2.24, 2.45) is 0 Å². The Morgan fingerprint density at radius 3 is 2.69 bits per heavy atom. The summed E-state index contributed by atoms with van der Waals surface area (Å²) < 4.78 is 11.2. The van der Waals surface area contributed by atoms with Gasteiger partial charge in [-0.25, -0.2) is 0 Å². The molecule has 0 bridgehead atoms. The molecule has 2 heterocycles. The maximum atomic E-state index is 10.5. The average Bonchev–Trinajstić information content (AvgIpc) is 3.30. The molecule has 0 aliphatic carbocycles. The van der Waals surface area contributed by atoms with Crippen molar-refractivity contribution in [1.29, 1.82) is 0 Å². The Bertz CT molecular complexity index is 747. The lowest BCUT2D eigenvalue weighted by atomic mass is 10.1. The van der Waals surface area contributed by atoms with Gasteiger partial charge in [-0.15, -0.1) is 11.3 Å². The highest BCUT2D eigenvalue weighted by Gasteiger charge is 2.15. The largest absolute Gasteiger partial charge is 0.491 e. The minimum atomic E-state index is -0.577. The summed E-state index contributed by atoms with van der Waals surface area (Å²) in [7, 11) is 0. The Morgan fingerprint density at radius 2 is 2.00 bits per heavy atom. The zero-order chi connectivity index (χ0) is 18.4. The average molecular weight is 372 g/mol. The molecule has 3 aromatic rings. The molecule has 0 spiro atoms. The second kappa shape index (κ2) is 9.03. The van der Waals surface area contributed by atoms with Crippen LogP contribution in [0.5, 0.6) is 5.75 Å². The van der Waals surface area contributed by atoms with E-state index in [4.69, 9.17) is 9.15 Å². The van der Waals surface area contributed by atoms with Gasteiger partial charge in [0.1, 0.15) is 24.2 Å². The number of benzene rings is 1. The van der Waals surface area contributed by atoms with E-state index in [1.54, 1.807) is 17.6 Å². The molecule has 138 valence electrons. The first kappa shape index (κ1) is 18.7. The van der Waals surface area contributed by atoms with Gasteiger partial charge in [-0.05, 0) is 60.7 Å². The van der Waals surface area contributed by atoms with Crippen molar-refractivity contribution in [2.45, 2.75) is 33.0 Å². The molecule has 5 heteroatoms. The van der Waals surface area contributed by atoms with Crippen LogP contribution in [0.4, 0.5) is 0 Å². The molecule has 1 aromatic carbocycles. The maximum absolute atomic E-state index is 10.5. The van der Waals surface area contributed by atoms with Crippen LogP contribution in [0.1, 0.15) is 21.8 Å². The number of aryl methyl sites for hydroxylation is 2. The number of aliphatic hydroxyl groups excluding tert-OH is 1. The molecule has 0 aliphatic rings. The zero-order valence-electron chi connectivity index (χ0n) is 15.2. The summed E-state index contributed by atoms with van der Waals surface area (Å²) in [4.78, 5) is 3.44. The second-order valence-electron chi connectivity index (χ2n) is 6.54. The summed E-state index contributed by atoms with van der Waals surface area (Å²) in [5.74, 6) is 1.69. The third-order valence-electron chi connectivity index (χ3n) is 4.31. The molecular formula is C21H25NO3S. The lowest BCUT2D eigenvalue weighted by molar-refractivity contribution is 0.0608. The standard InChI is InChI=1S/C21H25NO3S/c1-16-7-8-19(11-17(16)2)25-15-18(23)12-22(13-20-5-3-9-24-20)14-21-6-4-10-26-21/h3-11,18,23H,12-15H2,1-2H3. The molecule has 1 N–H and O–H groups in total. The lowest BCUT2D eigenvalue weighted by Gasteiger charge is -2.24. The highest BCUT2D eigenvalue weighted by Crippen LogP contribution is 2.18. The van der Waals surface area contributed by atoms with Gasteiger partial charge >= 0.3 is 0 Å². The third-order valence-corrected chi connectivity index (χ3v) is 5.17. The van der Waals surface area contributed by atoms with Gasteiger partial charge in [-0.1, -0.05) is 12.1 Å². The lowest BCUT2D eigenvalue weighted by Crippen LogP contribution is -2.34. The number of nitrogens with zero attached hydrogens (tertiary/aromatic N) is 1. The van der Waals surface area contributed by atoms with Crippen LogP contribution in [0.2, 0.25) is 0 Å². The Hall–Kier alpha value is -2.08. The van der Waals surface area contributed by atoms with Crippen molar-refractivity contribution >= 4 is 11.3 Å². The monoisotopic (exact) mass is 371 g/mol. The van der Waals surface area contributed by atoms with E-state index in [2.05, 4.69) is 30.2 Å². The van der Waals surface area contributed by atoms with Crippen molar-refractivity contribution in [2.75, 3.05) is 13.2 Å². The molecule has 3 rings (SSSR count). The van der Waals surface area contributed by atoms with Crippen LogP contribution in [0, 0.1) is 13.8 Å². The van der Waals surface area contributed by atoms with Crippen LogP contribution in [-0.2, 0) is 13.1 Å². The topological polar surface area (TPSA) is 45.8 Å². The molecule has 0 amide bonds. The van der Waals surface area contributed by atoms with Crippen molar-refractivity contribution in [3.8, 4) is 5.75 Å². The number of ether oxygens (including phenoxy) is 1. The van der Waals surface area contributed by atoms with Crippen LogP contribution in [0.25, 0.3) is 0 Å². The van der Waals surface area contributed by atoms with E-state index in [0.717, 1.165) is 18.1 Å². The van der Waals surface area contributed by atoms with E-state index in [-0.39, 0.29) is 6.61 Å². The Balaban J connectivity index is 1.56. The van der Waals surface area contributed by atoms with Crippen LogP contribution >= 0.6 is 11.3 Å². The van der Waals surface area contributed by atoms with E-state index in [1.807, 2.05) is 36.4 Å². The zero-order valence-corrected chi connectivity index (χ0v) is 16.0. The Labute approximate surface area is 158 Å². The molecule has 2 aromatic heterocycles. The second-order valence-corrected chi connectivity index (χ2v) is 7.57. The van der Waals surface area contributed by atoms with Gasteiger partial charge in [-0.2, -0.15) is 0 Å². The quantitative estimate of drug-likeness (QED) is 0.606. The molecule has 0 saturated carbocycles. The summed E-state index contributed by atoms with van der Waals surface area (Å²) in [6.45, 7) is 6.35. The summed E-state index contributed by atoms with van der Waals surface area (Å²) >= 11 is 1.72. The van der Waals surface area contributed by atoms with E-state index in [0.29, 0.717) is 13.1 Å². The number of thiophene rings is 1. The number of hydrogen-bond acceptors (Lipinski definition) is 5. The van der Waals surface area contributed by atoms with Gasteiger partial charge < -0.3 is 14.3 Å². The molecule has 0 radical (unpaired) electrons. The van der Waals surface area contributed by atoms with Crippen molar-refractivity contribution in [3.05, 3.63) is 75.9 Å². The van der Waals surface area contributed by atoms with Gasteiger partial charge in [0.05, 0.1) is 12.8 Å². The smallest absolute Gasteiger partial charge is 0.119 e. The first-order valence-corrected chi connectivity index (χ1v) is 9.63. The van der Waals surface area contributed by atoms with Crippen molar-refractivity contribution in [3.63, 3.8) is 0 Å². The van der Waals surface area contributed by atoms with Crippen LogP contribution in [0.3, 0.4) is 0 Å². The number of hydrogen-bond donors (Lipinski definition) is 1. The summed E-state index contributed by atoms with van der Waals surface area (Å²) in [6, 6.07) is 14.0. The highest BCUT2D eigenvalue weighted by atomic mass is 32.1. The molecule has 1 atom stereocenters. The third kappa shape index (κ3) is 5.46. The van der Waals surface area contributed by atoms with E-state index < -0.39 is 6.10 Å². The predicted molar refractivity (Wildman–Crippen MR) is 105 cm³/mol. The Kier molecular flexibility index (Phi) is 6.50. The minimum absolute atomic E-state index is 0.265. The van der Waals surface area contributed by atoms with Crippen molar-refractivity contribution in [1.82, 2.24) is 4.90 Å². The molecule has 4 nitrogen and oxygen atoms in total. The maximum Gasteiger partial charge on any atom is 0.119 e. The first-order valence-electron chi connectivity index (χ1n) is 8.75. The van der Waals surface area contributed by atoms with E-state index >= 15 is 0 Å². The SMILES string of the molecule is Cc1ccc(OCC(O)CN(Cc2ccco2)Cc2cccs2)cc1C. The number of furan rings is 1. The fourth-order valence-electron chi connectivity index (χ4n) is 2.78. The van der Waals surface area contributed by atoms with Gasteiger partial charge in [0, 0.05) is 18.0 Å². The van der Waals surface area contributed by atoms with Gasteiger partial charge in [-0.3, -0.25) is 4.90 Å². The summed E-state index contributed by atoms with van der Waals surface area (Å²) in [6.07, 6.45) is 1.10. The van der Waals surface area contributed by atoms with E-state index in [9.17, 15) is 5.11 Å². The Morgan fingerprint density at radius 1 is 1.12 bits per heavy atom. The minimum Gasteiger partial charge on any atom is -0.491 e. The van der Waals surface area contributed by atoms with Crippen LogP contribution in [-0.4, -0.2) is 29.3 Å². The predicted octanol–water partition coefficient (Wildman–Crippen LogP) is 4.40. The number of rotatable bonds is 9. The summed E-state index contributed by atoms with van der Waals surface area (Å²) in [5.41, 5.74) is 2.42. The molecule has 1 unspecified atom stereocenters. The van der Waals surface area contributed by atoms with E-state index in [1.165, 1.54) is 16.0 Å². The summed E-state index contributed by atoms with van der Waals surface area (Å²) in [5, 5.41) is 12.5. The molecule has 26 heavy (non-hydrogen) atoms. The normalized spacial score (nSPS) is 12.5. The highest BCUT2D eigenvalue weighted by molar-refractivity contribution is 7.09. The van der Waals surface area contributed by atoms with Crippen LogP contribution < -0.4 is 4.74 Å². The van der Waals surface area contributed by atoms with Gasteiger partial charge in [0.2, 0.25) is 0 Å². The fraction of sp³-hybridized carbons (Fsp3) is 0.333. The van der Waals surface area contributed by atoms with Crippen LogP contribution in [0.15, 0.2) is 58.5 Å². The number of aliphatic hydroxyl groups is 1. The van der Waals surface area contributed by atoms with Crippen molar-refractivity contribution < 1.29 is 14.3 Å². The molecule has 0 fully saturated rings. The first-order chi connectivity index (χ1) is 12.6. The molecule has 0 aliphatic heterocycles. The fourth-order valence-corrected chi connectivity index (χ4v) is 3.52. The molecule has 0 saturated heterocycles. The van der Waals surface area contributed by atoms with Gasteiger partial charge in [0.15, 0.2) is 0 Å². The molecular weight excluding hydrogens is 346 g/mol. The van der Waals surface area contributed by atoms with Gasteiger partial charge in [0.25, 0.3) is 0 Å².